The summed E-state index contributed by atoms with van der Waals surface area (Å²) in [5.41, 5.74) is -2.25. The van der Waals surface area contributed by atoms with Gasteiger partial charge in [-0.05, 0) is 35.4 Å². The van der Waals surface area contributed by atoms with Gasteiger partial charge in [-0.1, -0.05) is 54.1 Å². The van der Waals surface area contributed by atoms with Crippen LogP contribution in [0.5, 0.6) is 11.5 Å². The third-order valence-corrected chi connectivity index (χ3v) is 7.45. The number of ketones is 1. The molecule has 0 bridgehead atoms. The lowest BCUT2D eigenvalue weighted by atomic mass is 9.71. The lowest BCUT2D eigenvalue weighted by molar-refractivity contribution is -0.153. The summed E-state index contributed by atoms with van der Waals surface area (Å²) in [5, 5.41) is 13.0. The molecule has 0 aromatic heterocycles. The maximum atomic E-state index is 14.3. The fourth-order valence-corrected chi connectivity index (χ4v) is 5.76. The molecule has 0 radical (unpaired) electrons. The molecular formula is C28H25Cl2NO5. The van der Waals surface area contributed by atoms with E-state index in [4.69, 9.17) is 32.7 Å². The Kier molecular flexibility index (Phi) is 6.23. The molecule has 36 heavy (non-hydrogen) atoms. The molecule has 0 spiro atoms. The molecule has 1 N–H and O–H groups in total. The molecular weight excluding hydrogens is 501 g/mol. The summed E-state index contributed by atoms with van der Waals surface area (Å²) in [4.78, 5) is 29.1. The molecule has 1 aliphatic carbocycles. The Morgan fingerprint density at radius 3 is 2.42 bits per heavy atom. The molecule has 1 amide bonds. The summed E-state index contributed by atoms with van der Waals surface area (Å²) in [6.45, 7) is 0.290. The van der Waals surface area contributed by atoms with Crippen LogP contribution in [-0.2, 0) is 20.8 Å². The van der Waals surface area contributed by atoms with Gasteiger partial charge in [0.1, 0.15) is 24.0 Å². The van der Waals surface area contributed by atoms with Gasteiger partial charge in [0, 0.05) is 30.7 Å². The lowest BCUT2D eigenvalue weighted by Gasteiger charge is -2.39. The van der Waals surface area contributed by atoms with Crippen molar-refractivity contribution in [1.82, 2.24) is 4.90 Å². The van der Waals surface area contributed by atoms with Gasteiger partial charge in [-0.25, -0.2) is 0 Å². The number of nitrogens with zero attached hydrogens (tertiary/aromatic N) is 1. The molecule has 3 aromatic rings. The first-order valence-electron chi connectivity index (χ1n) is 11.6. The predicted molar refractivity (Wildman–Crippen MR) is 137 cm³/mol. The van der Waals surface area contributed by atoms with E-state index >= 15 is 0 Å². The number of halogens is 2. The Morgan fingerprint density at radius 1 is 1.08 bits per heavy atom. The van der Waals surface area contributed by atoms with Crippen LogP contribution in [0.3, 0.4) is 0 Å². The smallest absolute Gasteiger partial charge is 0.233 e. The minimum absolute atomic E-state index is 0.288. The first kappa shape index (κ1) is 24.6. The molecule has 1 aliphatic heterocycles. The van der Waals surface area contributed by atoms with E-state index in [9.17, 15) is 14.7 Å². The number of hydrogen-bond acceptors (Lipinski definition) is 5. The van der Waals surface area contributed by atoms with E-state index < -0.39 is 34.7 Å². The molecule has 2 aliphatic rings. The lowest BCUT2D eigenvalue weighted by Crippen LogP contribution is -2.50. The number of Topliss-reactive ketones (excluding diaryl/α,β-unsaturated/α-hetero) is 1. The molecule has 8 heteroatoms. The molecule has 6 nitrogen and oxygen atoms in total. The van der Waals surface area contributed by atoms with Gasteiger partial charge in [0.05, 0.1) is 11.8 Å². The van der Waals surface area contributed by atoms with Gasteiger partial charge in [0.25, 0.3) is 0 Å². The molecule has 3 aromatic carbocycles. The number of carbonyl (C=O) groups excluding carboxylic acids is 2. The quantitative estimate of drug-likeness (QED) is 0.378. The zero-order valence-corrected chi connectivity index (χ0v) is 21.3. The van der Waals surface area contributed by atoms with Gasteiger partial charge >= 0.3 is 0 Å². The summed E-state index contributed by atoms with van der Waals surface area (Å²) in [5.74, 6) is -1.91. The topological polar surface area (TPSA) is 76.1 Å². The SMILES string of the molecule is CN(C)C(=O)[C@H]1C(=O)[C@@]2(O)c3ccc(OCCCl)cc3O[C@@]2(c2ccc(Cl)cc2)[C@@H]1c1ccccc1. The van der Waals surface area contributed by atoms with Crippen molar-refractivity contribution in [2.24, 2.45) is 5.92 Å². The van der Waals surface area contributed by atoms with E-state index in [0.717, 1.165) is 0 Å². The first-order valence-corrected chi connectivity index (χ1v) is 12.5. The Balaban J connectivity index is 1.81. The number of aliphatic hydroxyl groups is 1. The molecule has 4 atom stereocenters. The van der Waals surface area contributed by atoms with Crippen LogP contribution in [0.25, 0.3) is 0 Å². The standard InChI is InChI=1S/C28H25Cl2NO5/c1-31(2)26(33)23-24(17-6-4-3-5-7-17)28(18-8-10-19(30)11-9-18)27(34,25(23)32)21-13-12-20(35-15-14-29)16-22(21)36-28/h3-13,16,23-24,34H,14-15H2,1-2H3/t23-,24-,27+,28+/m1/s1. The summed E-state index contributed by atoms with van der Waals surface area (Å²) in [7, 11) is 3.19. The summed E-state index contributed by atoms with van der Waals surface area (Å²) >= 11 is 12.0. The Bertz CT molecular complexity index is 1310. The second-order valence-electron chi connectivity index (χ2n) is 9.21. The molecule has 0 saturated heterocycles. The molecule has 1 saturated carbocycles. The van der Waals surface area contributed by atoms with Gasteiger partial charge in [-0.2, -0.15) is 0 Å². The Labute approximate surface area is 219 Å². The highest BCUT2D eigenvalue weighted by atomic mass is 35.5. The van der Waals surface area contributed by atoms with Crippen molar-refractivity contribution in [2.45, 2.75) is 17.1 Å². The second-order valence-corrected chi connectivity index (χ2v) is 10.0. The second kappa shape index (κ2) is 9.11. The summed E-state index contributed by atoms with van der Waals surface area (Å²) in [6, 6.07) is 21.0. The zero-order chi connectivity index (χ0) is 25.7. The average molecular weight is 526 g/mol. The third-order valence-electron chi connectivity index (χ3n) is 7.05. The van der Waals surface area contributed by atoms with E-state index in [2.05, 4.69) is 0 Å². The minimum atomic E-state index is -2.14. The van der Waals surface area contributed by atoms with Gasteiger partial charge in [0.15, 0.2) is 17.0 Å². The number of hydrogen-bond donors (Lipinski definition) is 1. The van der Waals surface area contributed by atoms with E-state index in [1.54, 1.807) is 56.6 Å². The Hall–Kier alpha value is -3.06. The average Bonchev–Trinajstić information content (AvgIpc) is 3.25. The normalized spacial score (nSPS) is 26.2. The van der Waals surface area contributed by atoms with Crippen molar-refractivity contribution in [3.8, 4) is 11.5 Å². The van der Waals surface area contributed by atoms with E-state index in [1.165, 1.54) is 4.90 Å². The van der Waals surface area contributed by atoms with Crippen molar-refractivity contribution in [2.75, 3.05) is 26.6 Å². The molecule has 1 fully saturated rings. The summed E-state index contributed by atoms with van der Waals surface area (Å²) < 4.78 is 12.3. The highest BCUT2D eigenvalue weighted by molar-refractivity contribution is 6.30. The Morgan fingerprint density at radius 2 is 1.78 bits per heavy atom. The molecule has 1 heterocycles. The number of fused-ring (bicyclic) bond motifs is 3. The highest BCUT2D eigenvalue weighted by Gasteiger charge is 2.77. The molecule has 186 valence electrons. The van der Waals surface area contributed by atoms with E-state index in [1.807, 2.05) is 30.3 Å². The number of carbonyl (C=O) groups is 2. The number of benzene rings is 3. The maximum absolute atomic E-state index is 14.3. The minimum Gasteiger partial charge on any atom is -0.492 e. The zero-order valence-electron chi connectivity index (χ0n) is 19.8. The van der Waals surface area contributed by atoms with Crippen molar-refractivity contribution in [3.05, 3.63) is 94.5 Å². The third kappa shape index (κ3) is 3.43. The van der Waals surface area contributed by atoms with Crippen molar-refractivity contribution in [3.63, 3.8) is 0 Å². The van der Waals surface area contributed by atoms with Crippen LogP contribution >= 0.6 is 23.2 Å². The fourth-order valence-electron chi connectivity index (χ4n) is 5.56. The summed E-state index contributed by atoms with van der Waals surface area (Å²) in [6.07, 6.45) is 0. The van der Waals surface area contributed by atoms with Gasteiger partial charge in [-0.15, -0.1) is 11.6 Å². The van der Waals surface area contributed by atoms with Crippen LogP contribution in [-0.4, -0.2) is 48.3 Å². The van der Waals surface area contributed by atoms with E-state index in [-0.39, 0.29) is 12.2 Å². The number of alkyl halides is 1. The fraction of sp³-hybridized carbons (Fsp3) is 0.286. The van der Waals surface area contributed by atoms with Crippen LogP contribution in [0.2, 0.25) is 5.02 Å². The van der Waals surface area contributed by atoms with Gasteiger partial charge in [-0.3, -0.25) is 9.59 Å². The van der Waals surface area contributed by atoms with Crippen LogP contribution < -0.4 is 9.47 Å². The first-order chi connectivity index (χ1) is 17.3. The molecule has 0 unspecified atom stereocenters. The van der Waals surface area contributed by atoms with Crippen LogP contribution in [0, 0.1) is 5.92 Å². The predicted octanol–water partition coefficient (Wildman–Crippen LogP) is 4.50. The van der Waals surface area contributed by atoms with Crippen molar-refractivity contribution in [1.29, 1.82) is 0 Å². The molecule has 5 rings (SSSR count). The number of amides is 1. The van der Waals surface area contributed by atoms with E-state index in [0.29, 0.717) is 33.5 Å². The van der Waals surface area contributed by atoms with Gasteiger partial charge < -0.3 is 19.5 Å². The van der Waals surface area contributed by atoms with Crippen LogP contribution in [0.15, 0.2) is 72.8 Å². The van der Waals surface area contributed by atoms with Crippen LogP contribution in [0.1, 0.15) is 22.6 Å². The maximum Gasteiger partial charge on any atom is 0.233 e. The van der Waals surface area contributed by atoms with Crippen LogP contribution in [0.4, 0.5) is 0 Å². The largest absolute Gasteiger partial charge is 0.492 e. The van der Waals surface area contributed by atoms with Gasteiger partial charge in [0.2, 0.25) is 5.91 Å². The monoisotopic (exact) mass is 525 g/mol. The number of rotatable bonds is 6. The number of ether oxygens (including phenoxy) is 2. The highest BCUT2D eigenvalue weighted by Crippen LogP contribution is 2.67. The van der Waals surface area contributed by atoms with Crippen molar-refractivity contribution >= 4 is 34.9 Å². The van der Waals surface area contributed by atoms with Crippen molar-refractivity contribution < 1.29 is 24.2 Å².